The van der Waals surface area contributed by atoms with Crippen LogP contribution in [0.4, 0.5) is 45.2 Å². The SMILES string of the molecule is CC(C)C(=O)Nc1ccc(Cl)cc1C(F)(F)F.O=C(C(=O)C(F)(F)F)C(F)(F)F. The van der Waals surface area contributed by atoms with Crippen molar-refractivity contribution in [3.05, 3.63) is 28.8 Å². The molecule has 4 nitrogen and oxygen atoms in total. The van der Waals surface area contributed by atoms with E-state index in [1.54, 1.807) is 13.8 Å². The van der Waals surface area contributed by atoms with Gasteiger partial charge in [0.2, 0.25) is 5.91 Å². The number of amides is 1. The Bertz CT molecular complexity index is 744. The number of carbonyl (C=O) groups is 3. The number of rotatable bonds is 3. The van der Waals surface area contributed by atoms with Crippen LogP contribution >= 0.6 is 11.6 Å². The van der Waals surface area contributed by atoms with E-state index >= 15 is 0 Å². The molecule has 14 heteroatoms. The van der Waals surface area contributed by atoms with E-state index in [0.717, 1.165) is 12.1 Å². The standard InChI is InChI=1S/C11H11ClF3NO.C4F6O2/c1-6(2)10(17)16-9-4-3-7(12)5-8(9)11(13,14)15;5-3(6,7)1(11)2(12)4(8,9)10/h3-6H,1-2H3,(H,16,17);. The Balaban J connectivity index is 0.000000578. The van der Waals surface area contributed by atoms with Gasteiger partial charge in [0.1, 0.15) is 0 Å². The van der Waals surface area contributed by atoms with Crippen molar-refractivity contribution in [3.63, 3.8) is 0 Å². The maximum absolute atomic E-state index is 12.7. The zero-order valence-corrected chi connectivity index (χ0v) is 15.1. The highest BCUT2D eigenvalue weighted by Crippen LogP contribution is 2.36. The molecule has 0 bridgehead atoms. The fraction of sp³-hybridized carbons (Fsp3) is 0.400. The second-order valence-corrected chi connectivity index (χ2v) is 5.92. The second-order valence-electron chi connectivity index (χ2n) is 5.49. The zero-order chi connectivity index (χ0) is 23.4. The van der Waals surface area contributed by atoms with Crippen LogP contribution in [0.25, 0.3) is 0 Å². The predicted molar refractivity (Wildman–Crippen MR) is 82.0 cm³/mol. The summed E-state index contributed by atoms with van der Waals surface area (Å²) in [5.74, 6) is -7.69. The number of benzene rings is 1. The molecule has 0 aliphatic heterocycles. The minimum atomic E-state index is -5.77. The van der Waals surface area contributed by atoms with Crippen LogP contribution in [0.3, 0.4) is 0 Å². The summed E-state index contributed by atoms with van der Waals surface area (Å²) in [5.41, 5.74) is -1.22. The summed E-state index contributed by atoms with van der Waals surface area (Å²) in [6.45, 7) is 3.19. The molecule has 0 saturated carbocycles. The van der Waals surface area contributed by atoms with Crippen molar-refractivity contribution in [3.8, 4) is 0 Å². The summed E-state index contributed by atoms with van der Waals surface area (Å²) in [6.07, 6.45) is -16.1. The van der Waals surface area contributed by atoms with Crippen molar-refractivity contribution in [1.82, 2.24) is 0 Å². The average Bonchev–Trinajstić information content (AvgIpc) is 2.52. The average molecular weight is 460 g/mol. The van der Waals surface area contributed by atoms with Crippen LogP contribution in [-0.4, -0.2) is 29.8 Å². The Morgan fingerprint density at radius 2 is 1.28 bits per heavy atom. The quantitative estimate of drug-likeness (QED) is 0.499. The van der Waals surface area contributed by atoms with E-state index in [4.69, 9.17) is 11.6 Å². The van der Waals surface area contributed by atoms with Crippen LogP contribution in [0.5, 0.6) is 0 Å². The van der Waals surface area contributed by atoms with Crippen LogP contribution in [-0.2, 0) is 20.6 Å². The molecule has 0 aromatic heterocycles. The lowest BCUT2D eigenvalue weighted by Crippen LogP contribution is -2.39. The Morgan fingerprint density at radius 1 is 0.862 bits per heavy atom. The van der Waals surface area contributed by atoms with E-state index in [1.807, 2.05) is 0 Å². The molecule has 0 unspecified atom stereocenters. The maximum Gasteiger partial charge on any atom is 0.458 e. The van der Waals surface area contributed by atoms with E-state index in [2.05, 4.69) is 5.32 Å². The zero-order valence-electron chi connectivity index (χ0n) is 14.3. The smallest absolute Gasteiger partial charge is 0.325 e. The molecule has 0 aliphatic rings. The molecule has 0 radical (unpaired) electrons. The first kappa shape index (κ1) is 26.7. The summed E-state index contributed by atoms with van der Waals surface area (Å²) in [5, 5.41) is 2.20. The van der Waals surface area contributed by atoms with Gasteiger partial charge in [-0.05, 0) is 18.2 Å². The third-order valence-electron chi connectivity index (χ3n) is 2.79. The van der Waals surface area contributed by atoms with Crippen molar-refractivity contribution < 1.29 is 53.9 Å². The number of halogens is 10. The highest BCUT2D eigenvalue weighted by atomic mass is 35.5. The molecule has 1 rings (SSSR count). The summed E-state index contributed by atoms with van der Waals surface area (Å²) in [6, 6.07) is 3.23. The number of hydrogen-bond acceptors (Lipinski definition) is 3. The van der Waals surface area contributed by atoms with Crippen LogP contribution in [0.15, 0.2) is 18.2 Å². The van der Waals surface area contributed by atoms with Crippen molar-refractivity contribution in [1.29, 1.82) is 0 Å². The van der Waals surface area contributed by atoms with Gasteiger partial charge in [-0.3, -0.25) is 14.4 Å². The summed E-state index contributed by atoms with van der Waals surface area (Å²) >= 11 is 5.51. The molecule has 0 fully saturated rings. The van der Waals surface area contributed by atoms with Crippen molar-refractivity contribution in [2.24, 2.45) is 5.92 Å². The van der Waals surface area contributed by atoms with Gasteiger partial charge in [0.25, 0.3) is 0 Å². The first-order valence-electron chi connectivity index (χ1n) is 7.18. The number of alkyl halides is 9. The molecular weight excluding hydrogens is 449 g/mol. The second kappa shape index (κ2) is 9.46. The van der Waals surface area contributed by atoms with Gasteiger partial charge in [0.05, 0.1) is 11.3 Å². The number of nitrogens with one attached hydrogen (secondary N) is 1. The van der Waals surface area contributed by atoms with E-state index < -0.39 is 47.5 Å². The highest BCUT2D eigenvalue weighted by molar-refractivity contribution is 6.41. The van der Waals surface area contributed by atoms with Gasteiger partial charge < -0.3 is 5.32 Å². The predicted octanol–water partition coefficient (Wildman–Crippen LogP) is 5.20. The molecule has 1 amide bonds. The van der Waals surface area contributed by atoms with E-state index in [0.29, 0.717) is 0 Å². The lowest BCUT2D eigenvalue weighted by atomic mass is 10.1. The molecule has 0 aliphatic carbocycles. The molecule has 164 valence electrons. The molecule has 0 saturated heterocycles. The van der Waals surface area contributed by atoms with Gasteiger partial charge >= 0.3 is 30.1 Å². The van der Waals surface area contributed by atoms with E-state index in [1.165, 1.54) is 6.07 Å². The lowest BCUT2D eigenvalue weighted by molar-refractivity contribution is -0.193. The normalized spacial score (nSPS) is 12.2. The maximum atomic E-state index is 12.7. The van der Waals surface area contributed by atoms with Crippen molar-refractivity contribution in [2.75, 3.05) is 5.32 Å². The molecule has 29 heavy (non-hydrogen) atoms. The number of hydrogen-bond donors (Lipinski definition) is 1. The van der Waals surface area contributed by atoms with Crippen LogP contribution < -0.4 is 5.32 Å². The number of Topliss-reactive ketones (excluding diaryl/α,β-unsaturated/α-hetero) is 2. The molecule has 0 atom stereocenters. The first-order valence-corrected chi connectivity index (χ1v) is 7.56. The first-order chi connectivity index (χ1) is 12.8. The van der Waals surface area contributed by atoms with E-state index in [9.17, 15) is 53.9 Å². The Hall–Kier alpha value is -2.31. The van der Waals surface area contributed by atoms with Crippen molar-refractivity contribution in [2.45, 2.75) is 32.4 Å². The minimum Gasteiger partial charge on any atom is -0.325 e. The van der Waals surface area contributed by atoms with Gasteiger partial charge in [-0.1, -0.05) is 25.4 Å². The summed E-state index contributed by atoms with van der Waals surface area (Å²) in [7, 11) is 0. The molecule has 1 aromatic carbocycles. The Morgan fingerprint density at radius 3 is 1.59 bits per heavy atom. The third kappa shape index (κ3) is 8.71. The van der Waals surface area contributed by atoms with Gasteiger partial charge in [-0.2, -0.15) is 39.5 Å². The largest absolute Gasteiger partial charge is 0.458 e. The van der Waals surface area contributed by atoms with Crippen LogP contribution in [0, 0.1) is 5.92 Å². The summed E-state index contributed by atoms with van der Waals surface area (Å²) in [4.78, 5) is 30.6. The van der Waals surface area contributed by atoms with Gasteiger partial charge in [0.15, 0.2) is 0 Å². The van der Waals surface area contributed by atoms with Gasteiger partial charge in [0, 0.05) is 10.9 Å². The van der Waals surface area contributed by atoms with Crippen LogP contribution in [0.2, 0.25) is 5.02 Å². The third-order valence-corrected chi connectivity index (χ3v) is 3.03. The van der Waals surface area contributed by atoms with E-state index in [-0.39, 0.29) is 10.7 Å². The monoisotopic (exact) mass is 459 g/mol. The van der Waals surface area contributed by atoms with Crippen LogP contribution in [0.1, 0.15) is 19.4 Å². The Kier molecular flexibility index (Phi) is 8.71. The fourth-order valence-corrected chi connectivity index (χ4v) is 1.57. The minimum absolute atomic E-state index is 0.0279. The summed E-state index contributed by atoms with van der Waals surface area (Å²) < 4.78 is 105. The van der Waals surface area contributed by atoms with Gasteiger partial charge in [-0.25, -0.2) is 0 Å². The Labute approximate surface area is 162 Å². The number of anilines is 1. The highest BCUT2D eigenvalue weighted by Gasteiger charge is 2.54. The molecule has 1 aromatic rings. The number of ketones is 2. The topological polar surface area (TPSA) is 63.2 Å². The fourth-order valence-electron chi connectivity index (χ4n) is 1.39. The molecule has 0 heterocycles. The van der Waals surface area contributed by atoms with Crippen molar-refractivity contribution >= 4 is 34.8 Å². The molecule has 0 spiro atoms. The molecule has 1 N–H and O–H groups in total. The number of carbonyl (C=O) groups excluding carboxylic acids is 3. The lowest BCUT2D eigenvalue weighted by Gasteiger charge is -2.15. The van der Waals surface area contributed by atoms with Gasteiger partial charge in [-0.15, -0.1) is 0 Å². The molecular formula is C15H11ClF9NO3.